The molecule has 0 spiro atoms. The molecule has 0 amide bonds. The van der Waals surface area contributed by atoms with Crippen LogP contribution in [0.3, 0.4) is 0 Å². The highest BCUT2D eigenvalue weighted by atomic mass is 16.3. The van der Waals surface area contributed by atoms with E-state index in [1.807, 2.05) is 37.3 Å². The molecule has 96 valence electrons. The fourth-order valence-corrected chi connectivity index (χ4v) is 2.12. The second kappa shape index (κ2) is 4.76. The topological polar surface area (TPSA) is 52.0 Å². The van der Waals surface area contributed by atoms with E-state index >= 15 is 0 Å². The number of nitrogen functional groups attached to an aromatic ring is 1. The SMILES string of the molecule is Cc1ccc(CCc2nc3ccccc3o2)cc1N. The Morgan fingerprint density at radius 1 is 1.11 bits per heavy atom. The van der Waals surface area contributed by atoms with Gasteiger partial charge in [-0.2, -0.15) is 0 Å². The first-order valence-corrected chi connectivity index (χ1v) is 6.42. The number of rotatable bonds is 3. The van der Waals surface area contributed by atoms with E-state index in [1.165, 1.54) is 5.56 Å². The van der Waals surface area contributed by atoms with Gasteiger partial charge in [0.15, 0.2) is 11.5 Å². The van der Waals surface area contributed by atoms with Crippen LogP contribution < -0.4 is 5.73 Å². The summed E-state index contributed by atoms with van der Waals surface area (Å²) in [7, 11) is 0. The Labute approximate surface area is 112 Å². The average Bonchev–Trinajstić information content (AvgIpc) is 2.83. The second-order valence-corrected chi connectivity index (χ2v) is 4.77. The van der Waals surface area contributed by atoms with Gasteiger partial charge in [-0.1, -0.05) is 24.3 Å². The van der Waals surface area contributed by atoms with Gasteiger partial charge in [0.2, 0.25) is 0 Å². The van der Waals surface area contributed by atoms with Crippen molar-refractivity contribution in [2.75, 3.05) is 5.73 Å². The molecular weight excluding hydrogens is 236 g/mol. The van der Waals surface area contributed by atoms with Crippen LogP contribution >= 0.6 is 0 Å². The van der Waals surface area contributed by atoms with Crippen molar-refractivity contribution in [2.24, 2.45) is 0 Å². The first kappa shape index (κ1) is 11.8. The Bertz CT molecular complexity index is 683. The van der Waals surface area contributed by atoms with Gasteiger partial charge in [0.05, 0.1) is 0 Å². The van der Waals surface area contributed by atoms with Crippen LogP contribution in [0.25, 0.3) is 11.1 Å². The van der Waals surface area contributed by atoms with Crippen LogP contribution in [0.15, 0.2) is 46.9 Å². The molecule has 1 aromatic heterocycles. The summed E-state index contributed by atoms with van der Waals surface area (Å²) in [5, 5.41) is 0. The van der Waals surface area contributed by atoms with Crippen molar-refractivity contribution in [1.29, 1.82) is 0 Å². The molecule has 0 unspecified atom stereocenters. The van der Waals surface area contributed by atoms with E-state index in [4.69, 9.17) is 10.2 Å². The lowest BCUT2D eigenvalue weighted by atomic mass is 10.1. The van der Waals surface area contributed by atoms with Crippen molar-refractivity contribution in [3.63, 3.8) is 0 Å². The smallest absolute Gasteiger partial charge is 0.195 e. The zero-order valence-corrected chi connectivity index (χ0v) is 10.9. The summed E-state index contributed by atoms with van der Waals surface area (Å²) in [6, 6.07) is 14.0. The number of benzene rings is 2. The molecule has 3 rings (SSSR count). The van der Waals surface area contributed by atoms with Crippen molar-refractivity contribution < 1.29 is 4.42 Å². The maximum Gasteiger partial charge on any atom is 0.195 e. The van der Waals surface area contributed by atoms with E-state index in [-0.39, 0.29) is 0 Å². The molecule has 3 nitrogen and oxygen atoms in total. The molecule has 3 heteroatoms. The molecule has 2 aromatic carbocycles. The minimum atomic E-state index is 0.778. The molecule has 3 aromatic rings. The third-order valence-corrected chi connectivity index (χ3v) is 3.31. The molecule has 0 radical (unpaired) electrons. The molecule has 0 saturated carbocycles. The van der Waals surface area contributed by atoms with Crippen molar-refractivity contribution >= 4 is 16.8 Å². The van der Waals surface area contributed by atoms with Crippen LogP contribution in [0, 0.1) is 6.92 Å². The standard InChI is InChI=1S/C16H16N2O/c1-11-6-7-12(10-13(11)17)8-9-16-18-14-4-2-3-5-15(14)19-16/h2-7,10H,8-9,17H2,1H3. The Morgan fingerprint density at radius 3 is 2.74 bits per heavy atom. The molecular formula is C16H16N2O. The monoisotopic (exact) mass is 252 g/mol. The van der Waals surface area contributed by atoms with Crippen LogP contribution in [0.1, 0.15) is 17.0 Å². The third kappa shape index (κ3) is 2.45. The number of aryl methyl sites for hydroxylation is 3. The number of nitrogens with zero attached hydrogens (tertiary/aromatic N) is 1. The van der Waals surface area contributed by atoms with Crippen molar-refractivity contribution in [3.8, 4) is 0 Å². The summed E-state index contributed by atoms with van der Waals surface area (Å²) in [5.41, 5.74) is 10.8. The minimum absolute atomic E-state index is 0.778. The molecule has 0 fully saturated rings. The number of aromatic nitrogens is 1. The van der Waals surface area contributed by atoms with Gasteiger partial charge in [-0.15, -0.1) is 0 Å². The van der Waals surface area contributed by atoms with Gasteiger partial charge in [0.1, 0.15) is 5.52 Å². The maximum atomic E-state index is 5.91. The maximum absolute atomic E-state index is 5.91. The molecule has 0 aliphatic rings. The van der Waals surface area contributed by atoms with Crippen LogP contribution in [0.4, 0.5) is 5.69 Å². The molecule has 0 saturated heterocycles. The third-order valence-electron chi connectivity index (χ3n) is 3.31. The number of oxazole rings is 1. The highest BCUT2D eigenvalue weighted by molar-refractivity contribution is 5.72. The molecule has 0 aliphatic carbocycles. The van der Waals surface area contributed by atoms with Crippen molar-refractivity contribution in [1.82, 2.24) is 4.98 Å². The van der Waals surface area contributed by atoms with E-state index in [9.17, 15) is 0 Å². The van der Waals surface area contributed by atoms with Gasteiger partial charge in [-0.25, -0.2) is 4.98 Å². The molecule has 0 bridgehead atoms. The Morgan fingerprint density at radius 2 is 1.95 bits per heavy atom. The van der Waals surface area contributed by atoms with E-state index in [1.54, 1.807) is 0 Å². The molecule has 0 aliphatic heterocycles. The fourth-order valence-electron chi connectivity index (χ4n) is 2.12. The second-order valence-electron chi connectivity index (χ2n) is 4.77. The molecule has 19 heavy (non-hydrogen) atoms. The van der Waals surface area contributed by atoms with Crippen LogP contribution in [-0.4, -0.2) is 4.98 Å². The van der Waals surface area contributed by atoms with Gasteiger partial charge in [-0.05, 0) is 42.7 Å². The predicted molar refractivity (Wildman–Crippen MR) is 77.0 cm³/mol. The summed E-state index contributed by atoms with van der Waals surface area (Å²) in [6.07, 6.45) is 1.68. The molecule has 1 heterocycles. The minimum Gasteiger partial charge on any atom is -0.441 e. The van der Waals surface area contributed by atoms with Gasteiger partial charge < -0.3 is 10.2 Å². The van der Waals surface area contributed by atoms with Crippen molar-refractivity contribution in [2.45, 2.75) is 19.8 Å². The van der Waals surface area contributed by atoms with Gasteiger partial charge >= 0.3 is 0 Å². The number of fused-ring (bicyclic) bond motifs is 1. The Hall–Kier alpha value is -2.29. The van der Waals surface area contributed by atoms with Crippen LogP contribution in [0.2, 0.25) is 0 Å². The number of nitrogens with two attached hydrogens (primary N) is 1. The van der Waals surface area contributed by atoms with Gasteiger partial charge in [0, 0.05) is 12.1 Å². The molecule has 0 atom stereocenters. The number of para-hydroxylation sites is 2. The lowest BCUT2D eigenvalue weighted by molar-refractivity contribution is 0.528. The summed E-state index contributed by atoms with van der Waals surface area (Å²) < 4.78 is 5.70. The zero-order chi connectivity index (χ0) is 13.2. The highest BCUT2D eigenvalue weighted by Crippen LogP contribution is 2.18. The largest absolute Gasteiger partial charge is 0.441 e. The first-order valence-electron chi connectivity index (χ1n) is 6.42. The Kier molecular flexibility index (Phi) is 2.95. The number of hydrogen-bond acceptors (Lipinski definition) is 3. The lowest BCUT2D eigenvalue weighted by Gasteiger charge is -2.03. The zero-order valence-electron chi connectivity index (χ0n) is 10.9. The van der Waals surface area contributed by atoms with E-state index in [2.05, 4.69) is 17.1 Å². The quantitative estimate of drug-likeness (QED) is 0.726. The fraction of sp³-hybridized carbons (Fsp3) is 0.188. The van der Waals surface area contributed by atoms with Crippen molar-refractivity contribution in [3.05, 3.63) is 59.5 Å². The van der Waals surface area contributed by atoms with Gasteiger partial charge in [0.25, 0.3) is 0 Å². The summed E-state index contributed by atoms with van der Waals surface area (Å²) >= 11 is 0. The van der Waals surface area contributed by atoms with E-state index in [0.29, 0.717) is 0 Å². The van der Waals surface area contributed by atoms with E-state index < -0.39 is 0 Å². The van der Waals surface area contributed by atoms with Crippen LogP contribution in [-0.2, 0) is 12.8 Å². The molecule has 2 N–H and O–H groups in total. The summed E-state index contributed by atoms with van der Waals surface area (Å²) in [6.45, 7) is 2.01. The average molecular weight is 252 g/mol. The van der Waals surface area contributed by atoms with E-state index in [0.717, 1.165) is 41.1 Å². The Balaban J connectivity index is 1.76. The summed E-state index contributed by atoms with van der Waals surface area (Å²) in [5.74, 6) is 0.778. The van der Waals surface area contributed by atoms with Crippen LogP contribution in [0.5, 0.6) is 0 Å². The predicted octanol–water partition coefficient (Wildman–Crippen LogP) is 3.50. The number of anilines is 1. The normalized spacial score (nSPS) is 11.0. The highest BCUT2D eigenvalue weighted by Gasteiger charge is 2.05. The van der Waals surface area contributed by atoms with Gasteiger partial charge in [-0.3, -0.25) is 0 Å². The summed E-state index contributed by atoms with van der Waals surface area (Å²) in [4.78, 5) is 4.47. The number of hydrogen-bond donors (Lipinski definition) is 1. The first-order chi connectivity index (χ1) is 9.22. The lowest BCUT2D eigenvalue weighted by Crippen LogP contribution is -1.95.